The fourth-order valence-electron chi connectivity index (χ4n) is 4.29. The minimum Gasteiger partial charge on any atom is -0.309 e. The number of aromatic nitrogens is 3. The van der Waals surface area contributed by atoms with Crippen LogP contribution in [-0.2, 0) is 16.6 Å². The third-order valence-corrected chi connectivity index (χ3v) is 6.07. The maximum absolute atomic E-state index is 13.0. The number of nitrogens with zero attached hydrogens (tertiary/aromatic N) is 4. The first kappa shape index (κ1) is 16.7. The van der Waals surface area contributed by atoms with Crippen molar-refractivity contribution in [3.63, 3.8) is 0 Å². The molecule has 1 amide bonds. The van der Waals surface area contributed by atoms with Gasteiger partial charge in [0.05, 0.1) is 6.20 Å². The van der Waals surface area contributed by atoms with Crippen LogP contribution < -0.4 is 4.90 Å². The average molecular weight is 364 g/mol. The van der Waals surface area contributed by atoms with Crippen LogP contribution in [0.4, 0.5) is 5.69 Å². The van der Waals surface area contributed by atoms with Gasteiger partial charge >= 0.3 is 0 Å². The molecular weight excluding hydrogens is 340 g/mol. The zero-order valence-electron chi connectivity index (χ0n) is 15.8. The predicted octanol–water partition coefficient (Wildman–Crippen LogP) is 3.08. The van der Waals surface area contributed by atoms with Crippen LogP contribution in [0.1, 0.15) is 50.5 Å². The van der Waals surface area contributed by atoms with E-state index in [1.54, 1.807) is 4.68 Å². The summed E-state index contributed by atoms with van der Waals surface area (Å²) in [5, 5.41) is 8.23. The first-order chi connectivity index (χ1) is 13.0. The lowest BCUT2D eigenvalue weighted by molar-refractivity contribution is -0.123. The normalized spacial score (nSPS) is 24.6. The zero-order valence-corrected chi connectivity index (χ0v) is 15.8. The number of hydrogen-bond acceptors (Lipinski definition) is 4. The molecule has 6 nitrogen and oxygen atoms in total. The largest absolute Gasteiger partial charge is 0.309 e. The molecule has 6 heteroatoms. The lowest BCUT2D eigenvalue weighted by Crippen LogP contribution is -2.45. The topological polar surface area (TPSA) is 68.1 Å². The summed E-state index contributed by atoms with van der Waals surface area (Å²) in [4.78, 5) is 27.9. The molecule has 0 radical (unpaired) electrons. The van der Waals surface area contributed by atoms with Crippen LogP contribution in [-0.4, -0.2) is 32.7 Å². The van der Waals surface area contributed by atoms with Crippen molar-refractivity contribution in [2.45, 2.75) is 51.0 Å². The number of carbonyl (C=O) groups is 2. The van der Waals surface area contributed by atoms with Gasteiger partial charge in [-0.1, -0.05) is 11.3 Å². The first-order valence-electron chi connectivity index (χ1n) is 9.90. The van der Waals surface area contributed by atoms with E-state index in [1.165, 1.54) is 0 Å². The molecular formula is C21H24N4O2. The molecule has 140 valence electrons. The van der Waals surface area contributed by atoms with Gasteiger partial charge in [0, 0.05) is 42.1 Å². The highest BCUT2D eigenvalue weighted by molar-refractivity contribution is 6.01. The molecule has 5 rings (SSSR count). The second kappa shape index (κ2) is 6.01. The fourth-order valence-corrected chi connectivity index (χ4v) is 4.29. The van der Waals surface area contributed by atoms with Crippen molar-refractivity contribution in [1.29, 1.82) is 0 Å². The van der Waals surface area contributed by atoms with E-state index in [9.17, 15) is 9.59 Å². The van der Waals surface area contributed by atoms with Gasteiger partial charge in [-0.2, -0.15) is 0 Å². The smallest absolute Gasteiger partial charge is 0.230 e. The number of Topliss-reactive ketones (excluding diaryl/α,β-unsaturated/α-hetero) is 1. The lowest BCUT2D eigenvalue weighted by atomic mass is 9.80. The molecule has 1 aromatic heterocycles. The third kappa shape index (κ3) is 2.87. The van der Waals surface area contributed by atoms with E-state index in [0.717, 1.165) is 48.2 Å². The van der Waals surface area contributed by atoms with E-state index >= 15 is 0 Å². The van der Waals surface area contributed by atoms with Gasteiger partial charge in [0.1, 0.15) is 11.5 Å². The average Bonchev–Trinajstić information content (AvgIpc) is 3.57. The Morgan fingerprint density at radius 2 is 1.85 bits per heavy atom. The molecule has 2 fully saturated rings. The molecule has 27 heavy (non-hydrogen) atoms. The van der Waals surface area contributed by atoms with Crippen LogP contribution in [0, 0.1) is 11.8 Å². The van der Waals surface area contributed by atoms with Crippen LogP contribution in [0.5, 0.6) is 0 Å². The molecule has 0 spiro atoms. The molecule has 1 aromatic carbocycles. The highest BCUT2D eigenvalue weighted by Crippen LogP contribution is 2.46. The van der Waals surface area contributed by atoms with E-state index in [1.807, 2.05) is 30.3 Å². The fraction of sp³-hybridized carbons (Fsp3) is 0.524. The SMILES string of the molecule is C[C@H]1CC(C(=O)C2CC2)c2cc(-c3cn(C)nn3)ccc2N1C(=O)C1CC1. The summed E-state index contributed by atoms with van der Waals surface area (Å²) in [7, 11) is 1.84. The zero-order chi connectivity index (χ0) is 18.7. The molecule has 2 saturated carbocycles. The number of hydrogen-bond donors (Lipinski definition) is 0. The van der Waals surface area contributed by atoms with Gasteiger partial charge in [-0.05, 0) is 56.7 Å². The quantitative estimate of drug-likeness (QED) is 0.836. The number of fused-ring (bicyclic) bond motifs is 1. The number of ketones is 1. The lowest BCUT2D eigenvalue weighted by Gasteiger charge is -2.39. The second-order valence-electron chi connectivity index (χ2n) is 8.35. The van der Waals surface area contributed by atoms with Gasteiger partial charge in [-0.3, -0.25) is 14.3 Å². The van der Waals surface area contributed by atoms with E-state index in [0.29, 0.717) is 12.2 Å². The van der Waals surface area contributed by atoms with E-state index in [-0.39, 0.29) is 29.7 Å². The van der Waals surface area contributed by atoms with Crippen LogP contribution in [0.15, 0.2) is 24.4 Å². The molecule has 0 bridgehead atoms. The Morgan fingerprint density at radius 3 is 2.48 bits per heavy atom. The van der Waals surface area contributed by atoms with Gasteiger partial charge in [0.25, 0.3) is 0 Å². The molecule has 1 unspecified atom stereocenters. The highest BCUT2D eigenvalue weighted by atomic mass is 16.2. The summed E-state index contributed by atoms with van der Waals surface area (Å²) in [5.74, 6) is 0.810. The van der Waals surface area contributed by atoms with Crippen molar-refractivity contribution in [3.05, 3.63) is 30.0 Å². The summed E-state index contributed by atoms with van der Waals surface area (Å²) in [6.45, 7) is 2.08. The van der Waals surface area contributed by atoms with E-state index in [2.05, 4.69) is 23.3 Å². The van der Waals surface area contributed by atoms with Crippen molar-refractivity contribution in [1.82, 2.24) is 15.0 Å². The molecule has 2 aromatic rings. The van der Waals surface area contributed by atoms with Crippen molar-refractivity contribution in [2.75, 3.05) is 4.90 Å². The summed E-state index contributed by atoms with van der Waals surface area (Å²) in [5.41, 5.74) is 3.64. The molecule has 3 aliphatic rings. The third-order valence-electron chi connectivity index (χ3n) is 6.07. The number of rotatable bonds is 4. The summed E-state index contributed by atoms with van der Waals surface area (Å²) < 4.78 is 1.67. The monoisotopic (exact) mass is 364 g/mol. The van der Waals surface area contributed by atoms with Gasteiger partial charge in [0.15, 0.2) is 0 Å². The molecule has 2 aliphatic carbocycles. The van der Waals surface area contributed by atoms with Crippen LogP contribution in [0.3, 0.4) is 0 Å². The van der Waals surface area contributed by atoms with Crippen LogP contribution >= 0.6 is 0 Å². The minimum atomic E-state index is -0.123. The number of amides is 1. The Balaban J connectivity index is 1.60. The second-order valence-corrected chi connectivity index (χ2v) is 8.35. The van der Waals surface area contributed by atoms with E-state index < -0.39 is 0 Å². The Bertz CT molecular complexity index is 926. The molecule has 2 heterocycles. The number of benzene rings is 1. The van der Waals surface area contributed by atoms with Gasteiger partial charge < -0.3 is 4.90 Å². The molecule has 0 saturated heterocycles. The number of anilines is 1. The summed E-state index contributed by atoms with van der Waals surface area (Å²) in [6, 6.07) is 6.11. The number of carbonyl (C=O) groups excluding carboxylic acids is 2. The summed E-state index contributed by atoms with van der Waals surface area (Å²) in [6.07, 6.45) is 6.57. The minimum absolute atomic E-state index is 0.0562. The highest BCUT2D eigenvalue weighted by Gasteiger charge is 2.44. The summed E-state index contributed by atoms with van der Waals surface area (Å²) >= 11 is 0. The number of aryl methyl sites for hydroxylation is 1. The molecule has 2 atom stereocenters. The standard InChI is InChI=1S/C21H24N4O2/c1-12-9-17(20(26)13-3-4-13)16-10-15(18-11-24(2)23-22-18)7-8-19(16)25(12)21(27)14-5-6-14/h7-8,10-14,17H,3-6,9H2,1-2H3/t12-,17?/m0/s1. The van der Waals surface area contributed by atoms with Crippen molar-refractivity contribution >= 4 is 17.4 Å². The Hall–Kier alpha value is -2.50. The van der Waals surface area contributed by atoms with Crippen molar-refractivity contribution < 1.29 is 9.59 Å². The van der Waals surface area contributed by atoms with Crippen LogP contribution in [0.2, 0.25) is 0 Å². The maximum atomic E-state index is 13.0. The Labute approximate surface area is 158 Å². The predicted molar refractivity (Wildman–Crippen MR) is 101 cm³/mol. The van der Waals surface area contributed by atoms with Gasteiger partial charge in [-0.25, -0.2) is 0 Å². The van der Waals surface area contributed by atoms with E-state index in [4.69, 9.17) is 0 Å². The Kier molecular flexibility index (Phi) is 3.71. The van der Waals surface area contributed by atoms with Gasteiger partial charge in [0.2, 0.25) is 5.91 Å². The Morgan fingerprint density at radius 1 is 1.11 bits per heavy atom. The maximum Gasteiger partial charge on any atom is 0.230 e. The molecule has 1 aliphatic heterocycles. The first-order valence-corrected chi connectivity index (χ1v) is 9.90. The van der Waals surface area contributed by atoms with Crippen LogP contribution in [0.25, 0.3) is 11.3 Å². The van der Waals surface area contributed by atoms with Gasteiger partial charge in [-0.15, -0.1) is 5.10 Å². The van der Waals surface area contributed by atoms with Crippen molar-refractivity contribution in [2.24, 2.45) is 18.9 Å². The van der Waals surface area contributed by atoms with Crippen molar-refractivity contribution in [3.8, 4) is 11.3 Å². The molecule has 0 N–H and O–H groups in total.